The number of aromatic nitrogens is 1. The third-order valence-corrected chi connectivity index (χ3v) is 5.38. The van der Waals surface area contributed by atoms with Gasteiger partial charge in [-0.15, -0.1) is 0 Å². The van der Waals surface area contributed by atoms with Gasteiger partial charge in [-0.25, -0.2) is 11.0 Å². The van der Waals surface area contributed by atoms with Crippen LogP contribution in [0, 0.1) is 5.53 Å². The summed E-state index contributed by atoms with van der Waals surface area (Å²) >= 11 is 0. The zero-order valence-electron chi connectivity index (χ0n) is 19.6. The lowest BCUT2D eigenvalue weighted by atomic mass is 10.0. The van der Waals surface area contributed by atoms with Crippen molar-refractivity contribution in [1.29, 1.82) is 5.53 Å². The quantitative estimate of drug-likeness (QED) is 0.137. The molecule has 3 aromatic rings. The number of amides is 3. The van der Waals surface area contributed by atoms with Crippen molar-refractivity contribution in [3.63, 3.8) is 0 Å². The summed E-state index contributed by atoms with van der Waals surface area (Å²) in [6.07, 6.45) is 3.40. The molecule has 0 saturated carbocycles. The lowest BCUT2D eigenvalue weighted by Gasteiger charge is -2.19. The number of hydrogen-bond donors (Lipinski definition) is 6. The van der Waals surface area contributed by atoms with E-state index in [9.17, 15) is 14.4 Å². The van der Waals surface area contributed by atoms with Crippen LogP contribution in [0.4, 0.5) is 5.69 Å². The fourth-order valence-corrected chi connectivity index (χ4v) is 3.36. The number of carbonyl (C=O) groups excluding carboxylic acids is 3. The molecule has 0 saturated heterocycles. The second-order valence-electron chi connectivity index (χ2n) is 7.96. The Morgan fingerprint density at radius 2 is 1.58 bits per heavy atom. The van der Waals surface area contributed by atoms with Crippen LogP contribution >= 0.6 is 0 Å². The monoisotopic (exact) mass is 489 g/mol. The van der Waals surface area contributed by atoms with E-state index in [2.05, 4.69) is 26.0 Å². The molecule has 1 aromatic heterocycles. The SMILES string of the molecule is C[C@@H](N=N)[C@H](NC(=O)c1ccc(-c2ccc(NC(=O)CNCc3ccncc3)cc2)cc1)C(=O)NO. The number of benzene rings is 2. The van der Waals surface area contributed by atoms with E-state index in [0.717, 1.165) is 16.7 Å². The first kappa shape index (κ1) is 26.1. The molecule has 0 radical (unpaired) electrons. The zero-order valence-corrected chi connectivity index (χ0v) is 19.6. The normalized spacial score (nSPS) is 12.2. The van der Waals surface area contributed by atoms with Crippen LogP contribution in [0.1, 0.15) is 22.8 Å². The lowest BCUT2D eigenvalue weighted by Crippen LogP contribution is -2.51. The number of rotatable bonds is 11. The Kier molecular flexibility index (Phi) is 9.32. The van der Waals surface area contributed by atoms with Crippen molar-refractivity contribution in [1.82, 2.24) is 21.1 Å². The van der Waals surface area contributed by atoms with Crippen LogP contribution in [0.15, 0.2) is 78.2 Å². The molecule has 0 spiro atoms. The van der Waals surface area contributed by atoms with E-state index in [4.69, 9.17) is 10.7 Å². The van der Waals surface area contributed by atoms with Gasteiger partial charge in [0.15, 0.2) is 0 Å². The highest BCUT2D eigenvalue weighted by Gasteiger charge is 2.27. The maximum atomic E-state index is 12.5. The molecule has 2 aromatic carbocycles. The summed E-state index contributed by atoms with van der Waals surface area (Å²) in [4.78, 5) is 40.4. The molecule has 3 amide bonds. The number of hydrogen-bond acceptors (Lipinski definition) is 8. The highest BCUT2D eigenvalue weighted by atomic mass is 16.5. The van der Waals surface area contributed by atoms with Crippen molar-refractivity contribution >= 4 is 23.4 Å². The molecule has 0 aliphatic rings. The van der Waals surface area contributed by atoms with E-state index in [-0.39, 0.29) is 12.5 Å². The van der Waals surface area contributed by atoms with E-state index in [1.54, 1.807) is 48.8 Å². The first-order valence-corrected chi connectivity index (χ1v) is 11.1. The van der Waals surface area contributed by atoms with Crippen molar-refractivity contribution < 1.29 is 19.6 Å². The predicted molar refractivity (Wildman–Crippen MR) is 132 cm³/mol. The van der Waals surface area contributed by atoms with E-state index < -0.39 is 23.9 Å². The molecule has 36 heavy (non-hydrogen) atoms. The van der Waals surface area contributed by atoms with Crippen LogP contribution in [0.5, 0.6) is 0 Å². The summed E-state index contributed by atoms with van der Waals surface area (Å²) in [5, 5.41) is 20.5. The molecular formula is C25H27N7O4. The van der Waals surface area contributed by atoms with Crippen molar-refractivity contribution in [3.05, 3.63) is 84.2 Å². The van der Waals surface area contributed by atoms with Gasteiger partial charge in [-0.2, -0.15) is 5.11 Å². The molecule has 3 rings (SSSR count). The van der Waals surface area contributed by atoms with Gasteiger partial charge in [0.1, 0.15) is 6.04 Å². The van der Waals surface area contributed by atoms with Crippen molar-refractivity contribution in [2.45, 2.75) is 25.6 Å². The van der Waals surface area contributed by atoms with Gasteiger partial charge in [0.25, 0.3) is 11.8 Å². The van der Waals surface area contributed by atoms with Gasteiger partial charge < -0.3 is 16.0 Å². The number of carbonyl (C=O) groups is 3. The Bertz CT molecular complexity index is 1190. The fraction of sp³-hybridized carbons (Fsp3) is 0.200. The van der Waals surface area contributed by atoms with Crippen LogP contribution in [-0.2, 0) is 16.1 Å². The molecule has 0 unspecified atom stereocenters. The number of hydroxylamine groups is 1. The lowest BCUT2D eigenvalue weighted by molar-refractivity contribution is -0.131. The molecule has 2 atom stereocenters. The molecule has 0 aliphatic carbocycles. The average Bonchev–Trinajstić information content (AvgIpc) is 2.92. The summed E-state index contributed by atoms with van der Waals surface area (Å²) in [6.45, 7) is 2.21. The highest BCUT2D eigenvalue weighted by Crippen LogP contribution is 2.22. The van der Waals surface area contributed by atoms with Crippen LogP contribution in [0.2, 0.25) is 0 Å². The van der Waals surface area contributed by atoms with Crippen LogP contribution in [0.3, 0.4) is 0 Å². The molecule has 11 heteroatoms. The smallest absolute Gasteiger partial charge is 0.268 e. The molecule has 0 aliphatic heterocycles. The van der Waals surface area contributed by atoms with E-state index in [1.165, 1.54) is 12.4 Å². The van der Waals surface area contributed by atoms with Crippen molar-refractivity contribution in [2.24, 2.45) is 5.11 Å². The van der Waals surface area contributed by atoms with E-state index in [1.807, 2.05) is 24.3 Å². The molecular weight excluding hydrogens is 462 g/mol. The Labute approximate surface area is 207 Å². The third-order valence-electron chi connectivity index (χ3n) is 5.38. The van der Waals surface area contributed by atoms with Gasteiger partial charge in [0.2, 0.25) is 5.91 Å². The second kappa shape index (κ2) is 12.8. The molecule has 11 nitrogen and oxygen atoms in total. The number of pyridine rings is 1. The van der Waals surface area contributed by atoms with Gasteiger partial charge in [-0.1, -0.05) is 24.3 Å². The predicted octanol–water partition coefficient (Wildman–Crippen LogP) is 2.50. The minimum absolute atomic E-state index is 0.159. The Morgan fingerprint density at radius 1 is 0.972 bits per heavy atom. The Balaban J connectivity index is 1.55. The van der Waals surface area contributed by atoms with E-state index in [0.29, 0.717) is 17.8 Å². The molecule has 6 N–H and O–H groups in total. The Hall–Kier alpha value is -4.48. The van der Waals surface area contributed by atoms with Crippen LogP contribution in [-0.4, -0.2) is 46.5 Å². The van der Waals surface area contributed by atoms with Gasteiger partial charge in [-0.3, -0.25) is 24.6 Å². The summed E-state index contributed by atoms with van der Waals surface area (Å²) < 4.78 is 0. The van der Waals surface area contributed by atoms with E-state index >= 15 is 0 Å². The number of nitrogens with zero attached hydrogens (tertiary/aromatic N) is 2. The van der Waals surface area contributed by atoms with Gasteiger partial charge in [-0.05, 0) is 60.0 Å². The van der Waals surface area contributed by atoms with Gasteiger partial charge in [0, 0.05) is 30.2 Å². The molecule has 186 valence electrons. The number of nitrogens with one attached hydrogen (secondary N) is 5. The van der Waals surface area contributed by atoms with Crippen LogP contribution < -0.4 is 21.4 Å². The standard InChI is InChI=1S/C25H27N7O4/c1-16(31-26)23(25(35)32-36)30-24(34)20-4-2-18(3-5-20)19-6-8-21(9-7-19)29-22(33)15-28-14-17-10-12-27-13-11-17/h2-13,16,23,26,28,36H,14-15H2,1H3,(H,29,33)(H,30,34)(H,32,35)/t16-,23+/m1/s1. The average molecular weight is 490 g/mol. The zero-order chi connectivity index (χ0) is 25.9. The fourth-order valence-electron chi connectivity index (χ4n) is 3.36. The van der Waals surface area contributed by atoms with Gasteiger partial charge >= 0.3 is 0 Å². The summed E-state index contributed by atoms with van der Waals surface area (Å²) in [5.74, 6) is -1.56. The first-order valence-electron chi connectivity index (χ1n) is 11.1. The summed E-state index contributed by atoms with van der Waals surface area (Å²) in [5.41, 5.74) is 12.3. The van der Waals surface area contributed by atoms with Crippen molar-refractivity contribution in [3.8, 4) is 11.1 Å². The maximum absolute atomic E-state index is 12.5. The molecule has 0 fully saturated rings. The number of anilines is 1. The largest absolute Gasteiger partial charge is 0.338 e. The van der Waals surface area contributed by atoms with Crippen LogP contribution in [0.25, 0.3) is 11.1 Å². The van der Waals surface area contributed by atoms with Crippen molar-refractivity contribution in [2.75, 3.05) is 11.9 Å². The third kappa shape index (κ3) is 7.26. The van der Waals surface area contributed by atoms with Gasteiger partial charge in [0.05, 0.1) is 12.6 Å². The minimum atomic E-state index is -1.19. The molecule has 1 heterocycles. The highest BCUT2D eigenvalue weighted by molar-refractivity contribution is 5.98. The molecule has 0 bridgehead atoms. The second-order valence-corrected chi connectivity index (χ2v) is 7.96. The minimum Gasteiger partial charge on any atom is -0.338 e. The first-order chi connectivity index (χ1) is 17.4. The Morgan fingerprint density at radius 3 is 2.17 bits per heavy atom. The summed E-state index contributed by atoms with van der Waals surface area (Å²) in [7, 11) is 0. The topological polar surface area (TPSA) is 169 Å². The summed E-state index contributed by atoms with van der Waals surface area (Å²) in [6, 6.07) is 15.7. The maximum Gasteiger partial charge on any atom is 0.268 e.